The van der Waals surface area contributed by atoms with Gasteiger partial charge in [-0.15, -0.1) is 0 Å². The van der Waals surface area contributed by atoms with Gasteiger partial charge in [-0.1, -0.05) is 18.2 Å². The quantitative estimate of drug-likeness (QED) is 0.751. The number of nitrogens with two attached hydrogens (primary N) is 1. The van der Waals surface area contributed by atoms with Crippen LogP contribution in [0.2, 0.25) is 0 Å². The number of pyridine rings is 1. The molecular weight excluding hydrogens is 240 g/mol. The van der Waals surface area contributed by atoms with Crippen molar-refractivity contribution >= 4 is 16.8 Å². The van der Waals surface area contributed by atoms with Gasteiger partial charge in [-0.25, -0.2) is 9.97 Å². The van der Waals surface area contributed by atoms with Crippen molar-refractivity contribution in [2.45, 2.75) is 0 Å². The second-order valence-electron chi connectivity index (χ2n) is 4.04. The highest BCUT2D eigenvalue weighted by molar-refractivity contribution is 5.98. The van der Waals surface area contributed by atoms with Crippen molar-refractivity contribution in [3.63, 3.8) is 0 Å². The van der Waals surface area contributed by atoms with E-state index in [9.17, 15) is 4.79 Å². The van der Waals surface area contributed by atoms with Crippen molar-refractivity contribution in [1.82, 2.24) is 15.0 Å². The highest BCUT2D eigenvalue weighted by atomic mass is 16.1. The Morgan fingerprint density at radius 3 is 2.79 bits per heavy atom. The molecule has 3 rings (SSSR count). The van der Waals surface area contributed by atoms with E-state index in [0.29, 0.717) is 17.0 Å². The molecular formula is C14H10N4O. The number of primary amides is 1. The first-order valence-corrected chi connectivity index (χ1v) is 5.71. The standard InChI is InChI=1S/C14H10N4O/c15-13(19)11-8-16-6-5-10(11)14-17-7-9-3-1-2-4-12(9)18-14/h1-8H,(H2,15,19). The van der Waals surface area contributed by atoms with Crippen molar-refractivity contribution in [3.8, 4) is 11.4 Å². The van der Waals surface area contributed by atoms with Gasteiger partial charge in [0, 0.05) is 29.5 Å². The van der Waals surface area contributed by atoms with Gasteiger partial charge >= 0.3 is 0 Å². The summed E-state index contributed by atoms with van der Waals surface area (Å²) in [5, 5.41) is 0.945. The molecule has 1 aromatic carbocycles. The van der Waals surface area contributed by atoms with E-state index < -0.39 is 5.91 Å². The largest absolute Gasteiger partial charge is 0.366 e. The topological polar surface area (TPSA) is 81.8 Å². The predicted octanol–water partition coefficient (Wildman–Crippen LogP) is 1.79. The number of para-hydroxylation sites is 1. The van der Waals surface area contributed by atoms with E-state index in [2.05, 4.69) is 15.0 Å². The van der Waals surface area contributed by atoms with Gasteiger partial charge in [-0.3, -0.25) is 9.78 Å². The number of benzene rings is 1. The van der Waals surface area contributed by atoms with Crippen LogP contribution in [0.3, 0.4) is 0 Å². The molecule has 0 unspecified atom stereocenters. The van der Waals surface area contributed by atoms with E-state index in [1.165, 1.54) is 6.20 Å². The molecule has 3 aromatic rings. The first-order chi connectivity index (χ1) is 9.25. The van der Waals surface area contributed by atoms with Crippen LogP contribution >= 0.6 is 0 Å². The van der Waals surface area contributed by atoms with Gasteiger partial charge in [-0.05, 0) is 12.1 Å². The van der Waals surface area contributed by atoms with Crippen LogP contribution in [-0.2, 0) is 0 Å². The van der Waals surface area contributed by atoms with E-state index in [1.807, 2.05) is 24.3 Å². The Morgan fingerprint density at radius 1 is 1.11 bits per heavy atom. The summed E-state index contributed by atoms with van der Waals surface area (Å²) < 4.78 is 0. The number of fused-ring (bicyclic) bond motifs is 1. The van der Waals surface area contributed by atoms with Crippen molar-refractivity contribution in [3.05, 3.63) is 54.5 Å². The first kappa shape index (κ1) is 11.3. The summed E-state index contributed by atoms with van der Waals surface area (Å²) in [6.45, 7) is 0. The Labute approximate surface area is 109 Å². The molecule has 1 amide bonds. The lowest BCUT2D eigenvalue weighted by molar-refractivity contribution is 0.100. The van der Waals surface area contributed by atoms with Crippen molar-refractivity contribution in [1.29, 1.82) is 0 Å². The molecule has 2 aromatic heterocycles. The highest BCUT2D eigenvalue weighted by Gasteiger charge is 2.12. The zero-order valence-electron chi connectivity index (χ0n) is 9.95. The lowest BCUT2D eigenvalue weighted by Gasteiger charge is -2.05. The van der Waals surface area contributed by atoms with E-state index >= 15 is 0 Å². The number of amides is 1. The summed E-state index contributed by atoms with van der Waals surface area (Å²) in [4.78, 5) is 24.0. The fourth-order valence-electron chi connectivity index (χ4n) is 1.89. The molecule has 5 nitrogen and oxygen atoms in total. The molecule has 0 aliphatic carbocycles. The molecule has 0 atom stereocenters. The summed E-state index contributed by atoms with van der Waals surface area (Å²) in [6, 6.07) is 9.34. The number of hydrogen-bond acceptors (Lipinski definition) is 4. The lowest BCUT2D eigenvalue weighted by atomic mass is 10.1. The zero-order chi connectivity index (χ0) is 13.2. The predicted molar refractivity (Wildman–Crippen MR) is 71.3 cm³/mol. The minimum absolute atomic E-state index is 0.317. The van der Waals surface area contributed by atoms with Crippen LogP contribution in [-0.4, -0.2) is 20.9 Å². The molecule has 0 radical (unpaired) electrons. The van der Waals surface area contributed by atoms with Crippen LogP contribution in [0.4, 0.5) is 0 Å². The number of aromatic nitrogens is 3. The minimum Gasteiger partial charge on any atom is -0.366 e. The van der Waals surface area contributed by atoms with Gasteiger partial charge in [0.05, 0.1) is 11.1 Å². The Hall–Kier alpha value is -2.82. The average molecular weight is 250 g/mol. The molecule has 2 heterocycles. The Kier molecular flexibility index (Phi) is 2.64. The molecule has 92 valence electrons. The molecule has 0 bridgehead atoms. The number of nitrogens with zero attached hydrogens (tertiary/aromatic N) is 3. The average Bonchev–Trinajstić information content (AvgIpc) is 2.46. The smallest absolute Gasteiger partial charge is 0.251 e. The Morgan fingerprint density at radius 2 is 1.95 bits per heavy atom. The summed E-state index contributed by atoms with van der Waals surface area (Å²) in [6.07, 6.45) is 4.74. The van der Waals surface area contributed by atoms with E-state index in [-0.39, 0.29) is 0 Å². The molecule has 0 saturated heterocycles. The minimum atomic E-state index is -0.542. The summed E-state index contributed by atoms with van der Waals surface area (Å²) >= 11 is 0. The van der Waals surface area contributed by atoms with Gasteiger partial charge in [-0.2, -0.15) is 0 Å². The Balaban J connectivity index is 2.22. The SMILES string of the molecule is NC(=O)c1cnccc1-c1ncc2ccccc2n1. The fraction of sp³-hybridized carbons (Fsp3) is 0. The lowest BCUT2D eigenvalue weighted by Crippen LogP contribution is -2.13. The van der Waals surface area contributed by atoms with Crippen LogP contribution in [0.25, 0.3) is 22.3 Å². The van der Waals surface area contributed by atoms with Crippen LogP contribution in [0, 0.1) is 0 Å². The number of rotatable bonds is 2. The molecule has 0 saturated carbocycles. The molecule has 19 heavy (non-hydrogen) atoms. The van der Waals surface area contributed by atoms with Crippen LogP contribution < -0.4 is 5.73 Å². The monoisotopic (exact) mass is 250 g/mol. The number of carbonyl (C=O) groups excluding carboxylic acids is 1. The molecule has 5 heteroatoms. The molecule has 0 spiro atoms. The van der Waals surface area contributed by atoms with Crippen LogP contribution in [0.1, 0.15) is 10.4 Å². The highest BCUT2D eigenvalue weighted by Crippen LogP contribution is 2.21. The third kappa shape index (κ3) is 2.01. The third-order valence-corrected chi connectivity index (χ3v) is 2.82. The maximum Gasteiger partial charge on any atom is 0.251 e. The number of carbonyl (C=O) groups is 1. The maximum absolute atomic E-state index is 11.4. The maximum atomic E-state index is 11.4. The van der Waals surface area contributed by atoms with Gasteiger partial charge in [0.1, 0.15) is 0 Å². The van der Waals surface area contributed by atoms with E-state index in [4.69, 9.17) is 5.73 Å². The van der Waals surface area contributed by atoms with Crippen molar-refractivity contribution < 1.29 is 4.79 Å². The van der Waals surface area contributed by atoms with Gasteiger partial charge in [0.2, 0.25) is 0 Å². The van der Waals surface area contributed by atoms with Crippen molar-refractivity contribution in [2.24, 2.45) is 5.73 Å². The normalized spacial score (nSPS) is 10.5. The van der Waals surface area contributed by atoms with E-state index in [1.54, 1.807) is 18.5 Å². The van der Waals surface area contributed by atoms with Gasteiger partial charge < -0.3 is 5.73 Å². The van der Waals surface area contributed by atoms with Crippen LogP contribution in [0.5, 0.6) is 0 Å². The summed E-state index contributed by atoms with van der Waals surface area (Å²) in [5.74, 6) is -0.0743. The van der Waals surface area contributed by atoms with Gasteiger partial charge in [0.25, 0.3) is 5.91 Å². The van der Waals surface area contributed by atoms with Gasteiger partial charge in [0.15, 0.2) is 5.82 Å². The summed E-state index contributed by atoms with van der Waals surface area (Å²) in [7, 11) is 0. The molecule has 0 aliphatic rings. The zero-order valence-corrected chi connectivity index (χ0v) is 9.95. The van der Waals surface area contributed by atoms with Crippen molar-refractivity contribution in [2.75, 3.05) is 0 Å². The van der Waals surface area contributed by atoms with Crippen LogP contribution in [0.15, 0.2) is 48.9 Å². The fourth-order valence-corrected chi connectivity index (χ4v) is 1.89. The van der Waals surface area contributed by atoms with E-state index in [0.717, 1.165) is 10.9 Å². The second kappa shape index (κ2) is 4.45. The Bertz CT molecular complexity index is 770. The molecule has 0 aliphatic heterocycles. The molecule has 2 N–H and O–H groups in total. The first-order valence-electron chi connectivity index (χ1n) is 5.71. The molecule has 0 fully saturated rings. The third-order valence-electron chi connectivity index (χ3n) is 2.82. The summed E-state index contributed by atoms with van der Waals surface area (Å²) in [5.41, 5.74) is 7.06. The second-order valence-corrected chi connectivity index (χ2v) is 4.04. The number of hydrogen-bond donors (Lipinski definition) is 1.